The first-order valence-electron chi connectivity index (χ1n) is 7.13. The molecule has 3 rings (SSSR count). The van der Waals surface area contributed by atoms with Gasteiger partial charge in [0, 0.05) is 17.1 Å². The first-order valence-corrected chi connectivity index (χ1v) is 9.35. The molecule has 0 radical (unpaired) electrons. The van der Waals surface area contributed by atoms with Crippen LogP contribution in [0.2, 0.25) is 5.02 Å². The van der Waals surface area contributed by atoms with Crippen LogP contribution in [-0.4, -0.2) is 27.1 Å². The third-order valence-corrected chi connectivity index (χ3v) is 5.19. The lowest BCUT2D eigenvalue weighted by Gasteiger charge is -2.17. The number of benzene rings is 2. The first-order chi connectivity index (χ1) is 11.3. The monoisotopic (exact) mass is 368 g/mol. The van der Waals surface area contributed by atoms with Crippen LogP contribution in [0.4, 0.5) is 15.8 Å². The van der Waals surface area contributed by atoms with E-state index in [9.17, 15) is 17.6 Å². The average Bonchev–Trinajstić information content (AvgIpc) is 2.94. The molecule has 0 atom stereocenters. The Balaban J connectivity index is 1.91. The first kappa shape index (κ1) is 16.7. The van der Waals surface area contributed by atoms with Crippen LogP contribution in [0.3, 0.4) is 0 Å². The number of nitrogens with one attached hydrogen (secondary N) is 1. The van der Waals surface area contributed by atoms with E-state index < -0.39 is 21.7 Å². The van der Waals surface area contributed by atoms with Gasteiger partial charge in [0.2, 0.25) is 10.0 Å². The van der Waals surface area contributed by atoms with E-state index in [1.807, 2.05) is 0 Å². The summed E-state index contributed by atoms with van der Waals surface area (Å²) in [6.45, 7) is 0.349. The second kappa shape index (κ2) is 6.07. The van der Waals surface area contributed by atoms with Crippen LogP contribution in [0.5, 0.6) is 0 Å². The maximum atomic E-state index is 13.7. The summed E-state index contributed by atoms with van der Waals surface area (Å²) in [7, 11) is -3.41. The minimum Gasteiger partial charge on any atom is -0.319 e. The van der Waals surface area contributed by atoms with Crippen LogP contribution < -0.4 is 9.62 Å². The number of anilines is 2. The molecule has 2 aromatic rings. The van der Waals surface area contributed by atoms with Crippen LogP contribution in [-0.2, 0) is 16.4 Å². The molecule has 8 heteroatoms. The molecule has 0 aromatic heterocycles. The molecule has 0 fully saturated rings. The van der Waals surface area contributed by atoms with Crippen molar-refractivity contribution in [3.05, 3.63) is 58.4 Å². The fourth-order valence-corrected chi connectivity index (χ4v) is 3.75. The predicted octanol–water partition coefficient (Wildman–Crippen LogP) is 3.05. The van der Waals surface area contributed by atoms with Gasteiger partial charge < -0.3 is 5.32 Å². The van der Waals surface area contributed by atoms with Crippen molar-refractivity contribution in [3.8, 4) is 0 Å². The van der Waals surface area contributed by atoms with Gasteiger partial charge in [-0.1, -0.05) is 17.7 Å². The van der Waals surface area contributed by atoms with Crippen LogP contribution in [0.25, 0.3) is 0 Å². The summed E-state index contributed by atoms with van der Waals surface area (Å²) in [6, 6.07) is 8.65. The summed E-state index contributed by atoms with van der Waals surface area (Å²) >= 11 is 5.80. The van der Waals surface area contributed by atoms with Gasteiger partial charge in [-0.2, -0.15) is 0 Å². The second-order valence-corrected chi connectivity index (χ2v) is 7.85. The van der Waals surface area contributed by atoms with Crippen LogP contribution in [0.15, 0.2) is 36.4 Å². The largest absolute Gasteiger partial charge is 0.319 e. The Morgan fingerprint density at radius 3 is 2.71 bits per heavy atom. The number of amides is 1. The van der Waals surface area contributed by atoms with Gasteiger partial charge in [-0.05, 0) is 42.3 Å². The summed E-state index contributed by atoms with van der Waals surface area (Å²) in [5.41, 5.74) is 1.54. The summed E-state index contributed by atoms with van der Waals surface area (Å²) in [5, 5.41) is 2.74. The molecule has 0 saturated heterocycles. The number of carbonyl (C=O) groups is 1. The minimum absolute atomic E-state index is 0.0343. The number of nitrogens with zero attached hydrogens (tertiary/aromatic N) is 1. The molecule has 2 aromatic carbocycles. The molecule has 126 valence electrons. The maximum Gasteiger partial charge on any atom is 0.255 e. The van der Waals surface area contributed by atoms with Crippen molar-refractivity contribution in [1.29, 1.82) is 0 Å². The smallest absolute Gasteiger partial charge is 0.255 e. The molecule has 0 spiro atoms. The van der Waals surface area contributed by atoms with Crippen molar-refractivity contribution in [2.75, 3.05) is 22.4 Å². The number of rotatable bonds is 3. The van der Waals surface area contributed by atoms with Gasteiger partial charge in [0.05, 0.1) is 17.6 Å². The van der Waals surface area contributed by atoms with E-state index in [1.165, 1.54) is 22.5 Å². The van der Waals surface area contributed by atoms with E-state index in [1.54, 1.807) is 12.1 Å². The van der Waals surface area contributed by atoms with Gasteiger partial charge in [-0.15, -0.1) is 0 Å². The Labute approximate surface area is 144 Å². The Morgan fingerprint density at radius 2 is 2.00 bits per heavy atom. The van der Waals surface area contributed by atoms with Crippen LogP contribution >= 0.6 is 11.6 Å². The van der Waals surface area contributed by atoms with E-state index in [4.69, 9.17) is 11.6 Å². The summed E-state index contributed by atoms with van der Waals surface area (Å²) in [6.07, 6.45) is 1.71. The summed E-state index contributed by atoms with van der Waals surface area (Å²) in [4.78, 5) is 12.3. The molecule has 0 aliphatic carbocycles. The Kier molecular flexibility index (Phi) is 4.23. The number of hydrogen-bond acceptors (Lipinski definition) is 3. The fraction of sp³-hybridized carbons (Fsp3) is 0.188. The topological polar surface area (TPSA) is 66.5 Å². The van der Waals surface area contributed by atoms with Crippen molar-refractivity contribution in [2.45, 2.75) is 6.42 Å². The molecule has 0 bridgehead atoms. The Hall–Kier alpha value is -2.12. The number of fused-ring (bicyclic) bond motifs is 1. The molecule has 1 aliphatic heterocycles. The number of carbonyl (C=O) groups excluding carboxylic acids is 1. The molecule has 1 N–H and O–H groups in total. The van der Waals surface area contributed by atoms with Gasteiger partial charge in [0.1, 0.15) is 5.82 Å². The van der Waals surface area contributed by atoms with E-state index in [-0.39, 0.29) is 11.3 Å². The molecule has 1 amide bonds. The molecule has 5 nitrogen and oxygen atoms in total. The number of sulfonamides is 1. The maximum absolute atomic E-state index is 13.7. The Bertz CT molecular complexity index is 931. The van der Waals surface area contributed by atoms with E-state index in [2.05, 4.69) is 5.32 Å². The van der Waals surface area contributed by atoms with Crippen LogP contribution in [0.1, 0.15) is 15.9 Å². The van der Waals surface area contributed by atoms with Crippen molar-refractivity contribution in [3.63, 3.8) is 0 Å². The lowest BCUT2D eigenvalue weighted by molar-refractivity contribution is 0.102. The highest BCUT2D eigenvalue weighted by Crippen LogP contribution is 2.31. The molecular weight excluding hydrogens is 355 g/mol. The zero-order chi connectivity index (χ0) is 17.5. The quantitative estimate of drug-likeness (QED) is 0.905. The van der Waals surface area contributed by atoms with E-state index >= 15 is 0 Å². The van der Waals surface area contributed by atoms with Gasteiger partial charge in [-0.25, -0.2) is 12.8 Å². The van der Waals surface area contributed by atoms with E-state index in [0.29, 0.717) is 23.7 Å². The zero-order valence-corrected chi connectivity index (χ0v) is 14.3. The second-order valence-electron chi connectivity index (χ2n) is 5.51. The molecule has 0 unspecified atom stereocenters. The molecule has 1 aliphatic rings. The normalized spacial score (nSPS) is 13.7. The van der Waals surface area contributed by atoms with Crippen molar-refractivity contribution < 1.29 is 17.6 Å². The number of halogens is 2. The summed E-state index contributed by atoms with van der Waals surface area (Å²) < 4.78 is 38.6. The van der Waals surface area contributed by atoms with Gasteiger partial charge >= 0.3 is 0 Å². The number of hydrogen-bond donors (Lipinski definition) is 1. The average molecular weight is 369 g/mol. The summed E-state index contributed by atoms with van der Waals surface area (Å²) in [5.74, 6) is -1.15. The predicted molar refractivity (Wildman–Crippen MR) is 91.7 cm³/mol. The van der Waals surface area contributed by atoms with Gasteiger partial charge in [-0.3, -0.25) is 9.10 Å². The lowest BCUT2D eigenvalue weighted by atomic mass is 10.1. The zero-order valence-electron chi connectivity index (χ0n) is 12.7. The van der Waals surface area contributed by atoms with Crippen molar-refractivity contribution in [2.24, 2.45) is 0 Å². The minimum atomic E-state index is -3.41. The van der Waals surface area contributed by atoms with E-state index in [0.717, 1.165) is 17.9 Å². The highest BCUT2D eigenvalue weighted by molar-refractivity contribution is 7.92. The molecular formula is C16H14ClFN2O3S. The molecule has 0 saturated carbocycles. The fourth-order valence-electron chi connectivity index (χ4n) is 2.62. The lowest BCUT2D eigenvalue weighted by Crippen LogP contribution is -2.27. The third-order valence-electron chi connectivity index (χ3n) is 3.78. The highest BCUT2D eigenvalue weighted by Gasteiger charge is 2.27. The van der Waals surface area contributed by atoms with Crippen molar-refractivity contribution in [1.82, 2.24) is 0 Å². The van der Waals surface area contributed by atoms with Gasteiger partial charge in [0.25, 0.3) is 5.91 Å². The van der Waals surface area contributed by atoms with Gasteiger partial charge in [0.15, 0.2) is 0 Å². The third kappa shape index (κ3) is 3.22. The van der Waals surface area contributed by atoms with Crippen molar-refractivity contribution >= 4 is 38.9 Å². The van der Waals surface area contributed by atoms with Crippen LogP contribution in [0, 0.1) is 5.82 Å². The molecule has 1 heterocycles. The standard InChI is InChI=1S/C16H14ClFN2O3S/c1-24(22,23)20-7-6-10-2-3-11(8-15(10)20)16(21)19-14-9-12(17)4-5-13(14)18/h2-5,8-9H,6-7H2,1H3,(H,19,21). The SMILES string of the molecule is CS(=O)(=O)N1CCc2ccc(C(=O)Nc3cc(Cl)ccc3F)cc21. The Morgan fingerprint density at radius 1 is 1.25 bits per heavy atom. The molecule has 24 heavy (non-hydrogen) atoms. The highest BCUT2D eigenvalue weighted by atomic mass is 35.5.